The fourth-order valence-electron chi connectivity index (χ4n) is 4.90. The number of methoxy groups -OCH3 is 1. The minimum Gasteiger partial charge on any atom is -0.383 e. The van der Waals surface area contributed by atoms with Gasteiger partial charge in [0.15, 0.2) is 5.82 Å². The number of fused-ring (bicyclic) bond motifs is 3. The van der Waals surface area contributed by atoms with Gasteiger partial charge in [-0.1, -0.05) is 24.3 Å². The molecule has 10 nitrogen and oxygen atoms in total. The van der Waals surface area contributed by atoms with Crippen molar-refractivity contribution in [2.45, 2.75) is 39.3 Å². The number of ether oxygens (including phenoxy) is 1. The molecule has 1 aromatic carbocycles. The second-order valence-electron chi connectivity index (χ2n) is 9.82. The van der Waals surface area contributed by atoms with Crippen LogP contribution in [0, 0.1) is 0 Å². The van der Waals surface area contributed by atoms with Crippen molar-refractivity contribution in [1.29, 1.82) is 0 Å². The average Bonchev–Trinajstić information content (AvgIpc) is 3.66. The molecule has 0 fully saturated rings. The van der Waals surface area contributed by atoms with E-state index in [1.165, 1.54) is 0 Å². The van der Waals surface area contributed by atoms with E-state index in [1.54, 1.807) is 7.11 Å². The summed E-state index contributed by atoms with van der Waals surface area (Å²) in [5.74, 6) is 1.21. The van der Waals surface area contributed by atoms with E-state index in [2.05, 4.69) is 64.8 Å². The van der Waals surface area contributed by atoms with Crippen LogP contribution in [0.15, 0.2) is 55.1 Å². The van der Waals surface area contributed by atoms with Crippen molar-refractivity contribution in [2.24, 2.45) is 7.05 Å². The highest BCUT2D eigenvalue weighted by atomic mass is 16.5. The summed E-state index contributed by atoms with van der Waals surface area (Å²) in [5, 5.41) is 17.1. The maximum Gasteiger partial charge on any atom is 0.228 e. The highest BCUT2D eigenvalue weighted by Crippen LogP contribution is 2.40. The number of nitrogens with one attached hydrogen (secondary N) is 1. The summed E-state index contributed by atoms with van der Waals surface area (Å²) in [6, 6.07) is 10.8. The lowest BCUT2D eigenvalue weighted by atomic mass is 9.91. The van der Waals surface area contributed by atoms with Gasteiger partial charge in [0.1, 0.15) is 0 Å². The fraction of sp³-hybridized carbons (Fsp3) is 0.321. The Morgan fingerprint density at radius 3 is 2.58 bits per heavy atom. The third-order valence-electron chi connectivity index (χ3n) is 6.88. The lowest BCUT2D eigenvalue weighted by Crippen LogP contribution is -2.09. The molecule has 10 heteroatoms. The van der Waals surface area contributed by atoms with Gasteiger partial charge >= 0.3 is 0 Å². The van der Waals surface area contributed by atoms with Crippen LogP contribution < -0.4 is 5.32 Å². The van der Waals surface area contributed by atoms with Crippen LogP contribution in [0.2, 0.25) is 0 Å². The van der Waals surface area contributed by atoms with Crippen molar-refractivity contribution in [2.75, 3.05) is 19.0 Å². The summed E-state index contributed by atoms with van der Waals surface area (Å²) in [7, 11) is 3.68. The lowest BCUT2D eigenvalue weighted by molar-refractivity contribution is 0.183. The van der Waals surface area contributed by atoms with Gasteiger partial charge in [-0.15, -0.1) is 0 Å². The fourth-order valence-corrected chi connectivity index (χ4v) is 4.90. The van der Waals surface area contributed by atoms with Gasteiger partial charge in [-0.2, -0.15) is 15.3 Å². The van der Waals surface area contributed by atoms with Gasteiger partial charge in [-0.3, -0.25) is 14.0 Å². The Bertz CT molecular complexity index is 1580. The molecule has 0 atom stereocenters. The van der Waals surface area contributed by atoms with E-state index in [0.717, 1.165) is 57.7 Å². The predicted octanol–water partition coefficient (Wildman–Crippen LogP) is 4.67. The molecular weight excluding hydrogens is 478 g/mol. The number of hydrogen-bond donors (Lipinski definition) is 1. The van der Waals surface area contributed by atoms with Crippen LogP contribution in [0.5, 0.6) is 0 Å². The minimum absolute atomic E-state index is 0.330. The molecule has 1 aliphatic rings. The number of benzene rings is 1. The Labute approximate surface area is 221 Å². The zero-order valence-electron chi connectivity index (χ0n) is 22.1. The number of hydrogen-bond acceptors (Lipinski definition) is 7. The lowest BCUT2D eigenvalue weighted by Gasteiger charge is -2.17. The molecule has 4 heterocycles. The van der Waals surface area contributed by atoms with E-state index < -0.39 is 0 Å². The maximum absolute atomic E-state index is 5.14. The molecule has 4 aromatic heterocycles. The van der Waals surface area contributed by atoms with Gasteiger partial charge in [0.05, 0.1) is 36.4 Å². The van der Waals surface area contributed by atoms with E-state index in [1.807, 2.05) is 45.7 Å². The van der Waals surface area contributed by atoms with Crippen molar-refractivity contribution >= 4 is 11.8 Å². The van der Waals surface area contributed by atoms with Gasteiger partial charge in [0, 0.05) is 61.5 Å². The molecule has 0 spiro atoms. The smallest absolute Gasteiger partial charge is 0.228 e. The molecule has 6 rings (SSSR count). The van der Waals surface area contributed by atoms with Gasteiger partial charge < -0.3 is 10.1 Å². The molecule has 38 heavy (non-hydrogen) atoms. The van der Waals surface area contributed by atoms with Crippen molar-refractivity contribution in [3.63, 3.8) is 0 Å². The summed E-state index contributed by atoms with van der Waals surface area (Å²) in [6.45, 7) is 5.54. The summed E-state index contributed by atoms with van der Waals surface area (Å²) in [6.07, 6.45) is 9.57. The Morgan fingerprint density at radius 1 is 1.00 bits per heavy atom. The van der Waals surface area contributed by atoms with Crippen LogP contribution in [-0.4, -0.2) is 53.0 Å². The third kappa shape index (κ3) is 4.47. The van der Waals surface area contributed by atoms with Crippen LogP contribution in [0.1, 0.15) is 31.1 Å². The normalized spacial score (nSPS) is 12.6. The molecule has 0 unspecified atom stereocenters. The molecular formula is C28H31N9O. The number of rotatable bonds is 8. The van der Waals surface area contributed by atoms with E-state index >= 15 is 0 Å². The summed E-state index contributed by atoms with van der Waals surface area (Å²) in [5.41, 5.74) is 8.58. The summed E-state index contributed by atoms with van der Waals surface area (Å²) < 4.78 is 10.9. The quantitative estimate of drug-likeness (QED) is 0.324. The van der Waals surface area contributed by atoms with E-state index in [9.17, 15) is 0 Å². The molecule has 1 aliphatic carbocycles. The van der Waals surface area contributed by atoms with Crippen molar-refractivity contribution in [1.82, 2.24) is 39.3 Å². The molecule has 1 N–H and O–H groups in total. The highest BCUT2D eigenvalue weighted by Gasteiger charge is 2.27. The Balaban J connectivity index is 1.32. The van der Waals surface area contributed by atoms with Gasteiger partial charge in [0.25, 0.3) is 0 Å². The first kappa shape index (κ1) is 24.1. The van der Waals surface area contributed by atoms with E-state index in [-0.39, 0.29) is 0 Å². The molecule has 0 saturated heterocycles. The standard InChI is InChI=1S/C28H31N9O/c1-18(2)37-17-22(16-30-37)19-5-7-20(8-6-19)27-25-23(33-35(27)3)10-9-21-15-29-28(32-26(21)25)31-24-11-12-36(34-24)13-14-38-4/h5-8,11-12,15-18H,9-10,13-14H2,1-4H3,(H,29,31,32,34). The molecule has 0 amide bonds. The third-order valence-corrected chi connectivity index (χ3v) is 6.88. The summed E-state index contributed by atoms with van der Waals surface area (Å²) in [4.78, 5) is 9.51. The van der Waals surface area contributed by atoms with Gasteiger partial charge in [-0.25, -0.2) is 9.97 Å². The Morgan fingerprint density at radius 2 is 1.82 bits per heavy atom. The SMILES string of the molecule is COCCn1ccc(Nc2ncc3c(n2)-c2c(nn(C)c2-c2ccc(-c4cnn(C(C)C)c4)cc2)CC3)n1. The highest BCUT2D eigenvalue weighted by molar-refractivity contribution is 5.85. The first-order valence-corrected chi connectivity index (χ1v) is 12.9. The van der Waals surface area contributed by atoms with Crippen molar-refractivity contribution < 1.29 is 4.74 Å². The molecule has 0 aliphatic heterocycles. The Hall–Kier alpha value is -4.31. The number of nitrogens with zero attached hydrogens (tertiary/aromatic N) is 8. The maximum atomic E-state index is 5.14. The van der Waals surface area contributed by atoms with Gasteiger partial charge in [-0.05, 0) is 37.8 Å². The second-order valence-corrected chi connectivity index (χ2v) is 9.82. The second kappa shape index (κ2) is 9.86. The monoisotopic (exact) mass is 509 g/mol. The number of aryl methyl sites for hydroxylation is 3. The van der Waals surface area contributed by atoms with Crippen molar-refractivity contribution in [3.05, 3.63) is 66.4 Å². The van der Waals surface area contributed by atoms with E-state index in [4.69, 9.17) is 14.8 Å². The number of anilines is 2. The Kier molecular flexibility index (Phi) is 6.24. The summed E-state index contributed by atoms with van der Waals surface area (Å²) >= 11 is 0. The van der Waals surface area contributed by atoms with E-state index in [0.29, 0.717) is 31.0 Å². The molecule has 0 radical (unpaired) electrons. The van der Waals surface area contributed by atoms with Crippen LogP contribution in [0.25, 0.3) is 33.6 Å². The van der Waals surface area contributed by atoms with Crippen LogP contribution in [-0.2, 0) is 31.2 Å². The van der Waals surface area contributed by atoms with Crippen LogP contribution in [0.4, 0.5) is 11.8 Å². The molecule has 194 valence electrons. The van der Waals surface area contributed by atoms with Crippen molar-refractivity contribution in [3.8, 4) is 33.6 Å². The van der Waals surface area contributed by atoms with Crippen LogP contribution >= 0.6 is 0 Å². The van der Waals surface area contributed by atoms with Gasteiger partial charge in [0.2, 0.25) is 5.95 Å². The predicted molar refractivity (Wildman–Crippen MR) is 146 cm³/mol. The topological polar surface area (TPSA) is 100 Å². The zero-order chi connectivity index (χ0) is 26.2. The first-order valence-electron chi connectivity index (χ1n) is 12.9. The molecule has 0 saturated carbocycles. The van der Waals surface area contributed by atoms with Crippen LogP contribution in [0.3, 0.4) is 0 Å². The number of aromatic nitrogens is 8. The first-order chi connectivity index (χ1) is 18.5. The minimum atomic E-state index is 0.330. The molecule has 0 bridgehead atoms. The largest absolute Gasteiger partial charge is 0.383 e. The average molecular weight is 510 g/mol. The zero-order valence-corrected chi connectivity index (χ0v) is 22.1. The molecule has 5 aromatic rings.